The minimum atomic E-state index is -0.0468. The average Bonchev–Trinajstić information content (AvgIpc) is 3.15. The second-order valence-corrected chi connectivity index (χ2v) is 7.24. The first kappa shape index (κ1) is 18.9. The van der Waals surface area contributed by atoms with E-state index in [1.807, 2.05) is 4.90 Å². The fraction of sp³-hybridized carbons (Fsp3) is 0.333. The quantitative estimate of drug-likeness (QED) is 0.730. The second kappa shape index (κ2) is 7.90. The van der Waals surface area contributed by atoms with Crippen LogP contribution >= 0.6 is 0 Å². The molecular formula is C21H24N6O2. The van der Waals surface area contributed by atoms with E-state index in [0.717, 1.165) is 13.1 Å². The SMILES string of the molecule is Cc1cc(Nc2ncc(C(=O)N3CCN(c4cccc(C)c4C)CC3)cn2)no1. The minimum absolute atomic E-state index is 0.0468. The van der Waals surface area contributed by atoms with E-state index in [1.54, 1.807) is 25.4 Å². The van der Waals surface area contributed by atoms with Crippen LogP contribution in [0.2, 0.25) is 0 Å². The molecule has 150 valence electrons. The average molecular weight is 392 g/mol. The number of aryl methyl sites for hydroxylation is 2. The highest BCUT2D eigenvalue weighted by atomic mass is 16.5. The molecule has 1 saturated heterocycles. The maximum absolute atomic E-state index is 12.8. The van der Waals surface area contributed by atoms with Gasteiger partial charge in [-0.3, -0.25) is 4.79 Å². The Labute approximate surface area is 169 Å². The van der Waals surface area contributed by atoms with Gasteiger partial charge in [-0.05, 0) is 38.0 Å². The zero-order valence-electron chi connectivity index (χ0n) is 16.8. The van der Waals surface area contributed by atoms with Crippen LogP contribution in [-0.2, 0) is 0 Å². The smallest absolute Gasteiger partial charge is 0.257 e. The lowest BCUT2D eigenvalue weighted by Crippen LogP contribution is -2.49. The van der Waals surface area contributed by atoms with Crippen molar-refractivity contribution in [3.8, 4) is 0 Å². The van der Waals surface area contributed by atoms with E-state index in [0.29, 0.717) is 36.2 Å². The van der Waals surface area contributed by atoms with Crippen LogP contribution in [-0.4, -0.2) is 52.1 Å². The third-order valence-electron chi connectivity index (χ3n) is 5.25. The number of rotatable bonds is 4. The highest BCUT2D eigenvalue weighted by Crippen LogP contribution is 2.24. The van der Waals surface area contributed by atoms with Crippen molar-refractivity contribution in [3.05, 3.63) is 59.1 Å². The lowest BCUT2D eigenvalue weighted by molar-refractivity contribution is 0.0746. The van der Waals surface area contributed by atoms with Crippen LogP contribution in [0.15, 0.2) is 41.2 Å². The Morgan fingerprint density at radius 1 is 1.07 bits per heavy atom. The van der Waals surface area contributed by atoms with Crippen molar-refractivity contribution in [1.82, 2.24) is 20.0 Å². The molecule has 3 aromatic rings. The zero-order chi connectivity index (χ0) is 20.4. The van der Waals surface area contributed by atoms with Crippen LogP contribution in [0.5, 0.6) is 0 Å². The molecule has 1 aliphatic heterocycles. The van der Waals surface area contributed by atoms with Crippen molar-refractivity contribution >= 4 is 23.4 Å². The number of carbonyl (C=O) groups excluding carboxylic acids is 1. The van der Waals surface area contributed by atoms with Crippen LogP contribution in [0, 0.1) is 20.8 Å². The Kier molecular flexibility index (Phi) is 5.16. The van der Waals surface area contributed by atoms with E-state index in [1.165, 1.54) is 16.8 Å². The van der Waals surface area contributed by atoms with Gasteiger partial charge in [0.1, 0.15) is 5.76 Å². The highest BCUT2D eigenvalue weighted by molar-refractivity contribution is 5.94. The zero-order valence-corrected chi connectivity index (χ0v) is 16.8. The number of aromatic nitrogens is 3. The highest BCUT2D eigenvalue weighted by Gasteiger charge is 2.23. The summed E-state index contributed by atoms with van der Waals surface area (Å²) in [6.45, 7) is 9.04. The summed E-state index contributed by atoms with van der Waals surface area (Å²) >= 11 is 0. The molecule has 2 aromatic heterocycles. The largest absolute Gasteiger partial charge is 0.368 e. The summed E-state index contributed by atoms with van der Waals surface area (Å²) in [5, 5.41) is 6.79. The van der Waals surface area contributed by atoms with Crippen molar-refractivity contribution in [2.24, 2.45) is 0 Å². The fourth-order valence-electron chi connectivity index (χ4n) is 3.45. The summed E-state index contributed by atoms with van der Waals surface area (Å²) in [7, 11) is 0. The van der Waals surface area contributed by atoms with Gasteiger partial charge in [-0.15, -0.1) is 0 Å². The van der Waals surface area contributed by atoms with Gasteiger partial charge in [-0.2, -0.15) is 0 Å². The molecule has 0 aliphatic carbocycles. The summed E-state index contributed by atoms with van der Waals surface area (Å²) in [4.78, 5) is 25.5. The molecule has 1 amide bonds. The van der Waals surface area contributed by atoms with Crippen molar-refractivity contribution in [1.29, 1.82) is 0 Å². The standard InChI is InChI=1S/C21H24N6O2/c1-14-5-4-6-18(16(14)3)26-7-9-27(10-8-26)20(28)17-12-22-21(23-13-17)24-19-11-15(2)29-25-19/h4-6,11-13H,7-10H2,1-3H3,(H,22,23,24,25). The minimum Gasteiger partial charge on any atom is -0.368 e. The molecule has 0 unspecified atom stereocenters. The molecule has 1 N–H and O–H groups in total. The van der Waals surface area contributed by atoms with Gasteiger partial charge in [0.15, 0.2) is 5.82 Å². The van der Waals surface area contributed by atoms with Gasteiger partial charge >= 0.3 is 0 Å². The predicted molar refractivity (Wildman–Crippen MR) is 111 cm³/mol. The number of amides is 1. The normalized spacial score (nSPS) is 14.2. The van der Waals surface area contributed by atoms with Crippen LogP contribution in [0.25, 0.3) is 0 Å². The predicted octanol–water partition coefficient (Wildman–Crippen LogP) is 3.10. The van der Waals surface area contributed by atoms with Crippen molar-refractivity contribution in [3.63, 3.8) is 0 Å². The Hall–Kier alpha value is -3.42. The molecule has 1 aromatic carbocycles. The summed E-state index contributed by atoms with van der Waals surface area (Å²) < 4.78 is 5.00. The summed E-state index contributed by atoms with van der Waals surface area (Å²) in [6.07, 6.45) is 3.09. The number of anilines is 3. The molecule has 0 bridgehead atoms. The van der Waals surface area contributed by atoms with E-state index in [4.69, 9.17) is 4.52 Å². The topological polar surface area (TPSA) is 87.4 Å². The third-order valence-corrected chi connectivity index (χ3v) is 5.25. The fourth-order valence-corrected chi connectivity index (χ4v) is 3.45. The van der Waals surface area contributed by atoms with Crippen molar-refractivity contribution in [2.45, 2.75) is 20.8 Å². The van der Waals surface area contributed by atoms with Crippen LogP contribution in [0.4, 0.5) is 17.5 Å². The molecule has 0 spiro atoms. The molecule has 0 saturated carbocycles. The molecular weight excluding hydrogens is 368 g/mol. The van der Waals surface area contributed by atoms with Gasteiger partial charge in [0.25, 0.3) is 5.91 Å². The molecule has 1 aliphatic rings. The number of nitrogens with one attached hydrogen (secondary N) is 1. The first-order chi connectivity index (χ1) is 14.0. The van der Waals surface area contributed by atoms with E-state index in [-0.39, 0.29) is 5.91 Å². The van der Waals surface area contributed by atoms with Crippen LogP contribution in [0.3, 0.4) is 0 Å². The lowest BCUT2D eigenvalue weighted by Gasteiger charge is -2.37. The molecule has 29 heavy (non-hydrogen) atoms. The van der Waals surface area contributed by atoms with Gasteiger partial charge < -0.3 is 19.6 Å². The number of carbonyl (C=O) groups is 1. The van der Waals surface area contributed by atoms with Gasteiger partial charge in [0.2, 0.25) is 5.95 Å². The Morgan fingerprint density at radius 3 is 2.45 bits per heavy atom. The monoisotopic (exact) mass is 392 g/mol. The summed E-state index contributed by atoms with van der Waals surface area (Å²) in [5.41, 5.74) is 4.31. The van der Waals surface area contributed by atoms with E-state index < -0.39 is 0 Å². The number of nitrogens with zero attached hydrogens (tertiary/aromatic N) is 5. The van der Waals surface area contributed by atoms with Crippen LogP contribution in [0.1, 0.15) is 27.2 Å². The van der Waals surface area contributed by atoms with Gasteiger partial charge in [0.05, 0.1) is 5.56 Å². The molecule has 4 rings (SSSR count). The molecule has 3 heterocycles. The third kappa shape index (κ3) is 4.06. The molecule has 8 nitrogen and oxygen atoms in total. The first-order valence-corrected chi connectivity index (χ1v) is 9.64. The van der Waals surface area contributed by atoms with Gasteiger partial charge in [-0.25, -0.2) is 9.97 Å². The number of piperazine rings is 1. The van der Waals surface area contributed by atoms with E-state index >= 15 is 0 Å². The Balaban J connectivity index is 1.37. The van der Waals surface area contributed by atoms with E-state index in [9.17, 15) is 4.79 Å². The van der Waals surface area contributed by atoms with Crippen molar-refractivity contribution in [2.75, 3.05) is 36.4 Å². The Bertz CT molecular complexity index is 1010. The first-order valence-electron chi connectivity index (χ1n) is 9.64. The molecule has 8 heteroatoms. The number of hydrogen-bond acceptors (Lipinski definition) is 7. The second-order valence-electron chi connectivity index (χ2n) is 7.24. The number of hydrogen-bond donors (Lipinski definition) is 1. The van der Waals surface area contributed by atoms with Crippen molar-refractivity contribution < 1.29 is 9.32 Å². The lowest BCUT2D eigenvalue weighted by atomic mass is 10.1. The summed E-state index contributed by atoms with van der Waals surface area (Å²) in [6, 6.07) is 8.11. The number of benzene rings is 1. The van der Waals surface area contributed by atoms with E-state index in [2.05, 4.69) is 57.4 Å². The van der Waals surface area contributed by atoms with Gasteiger partial charge in [-0.1, -0.05) is 17.3 Å². The maximum atomic E-state index is 12.8. The van der Waals surface area contributed by atoms with Gasteiger partial charge in [0, 0.05) is 50.3 Å². The molecule has 1 fully saturated rings. The summed E-state index contributed by atoms with van der Waals surface area (Å²) in [5.74, 6) is 1.55. The maximum Gasteiger partial charge on any atom is 0.257 e. The molecule has 0 radical (unpaired) electrons. The molecule has 0 atom stereocenters. The Morgan fingerprint density at radius 2 is 1.79 bits per heavy atom. The van der Waals surface area contributed by atoms with Crippen LogP contribution < -0.4 is 10.2 Å².